The maximum absolute atomic E-state index is 10.7. The molecule has 2 rings (SSSR count). The van der Waals surface area contributed by atoms with Crippen molar-refractivity contribution in [3.05, 3.63) is 53.5 Å². The highest BCUT2D eigenvalue weighted by Crippen LogP contribution is 2.20. The molecule has 0 aromatic carbocycles. The van der Waals surface area contributed by atoms with E-state index in [4.69, 9.17) is 10.4 Å². The zero-order valence-electron chi connectivity index (χ0n) is 9.78. The lowest BCUT2D eigenvalue weighted by Crippen LogP contribution is -1.96. The first-order valence-electron chi connectivity index (χ1n) is 5.36. The van der Waals surface area contributed by atoms with Crippen molar-refractivity contribution in [2.24, 2.45) is 0 Å². The summed E-state index contributed by atoms with van der Waals surface area (Å²) in [6.07, 6.45) is 2.92. The van der Waals surface area contributed by atoms with Gasteiger partial charge in [-0.05, 0) is 29.8 Å². The summed E-state index contributed by atoms with van der Waals surface area (Å²) in [5.74, 6) is -0.340. The Kier molecular flexibility index (Phi) is 4.11. The molecule has 0 fully saturated rings. The fraction of sp³-hybridized carbons (Fsp3) is 0.0769. The SMILES string of the molecule is N#Cc1cc(CSc2ccc(C(=O)O)cn2)ccn1. The molecule has 94 valence electrons. The molecular formula is C13H9N3O2S. The number of aromatic nitrogens is 2. The van der Waals surface area contributed by atoms with Crippen LogP contribution in [0, 0.1) is 11.3 Å². The second-order valence-corrected chi connectivity index (χ2v) is 4.64. The zero-order chi connectivity index (χ0) is 13.7. The molecule has 0 aliphatic rings. The summed E-state index contributed by atoms with van der Waals surface area (Å²) in [6.45, 7) is 0. The maximum Gasteiger partial charge on any atom is 0.337 e. The van der Waals surface area contributed by atoms with Gasteiger partial charge >= 0.3 is 5.97 Å². The van der Waals surface area contributed by atoms with E-state index in [1.165, 1.54) is 24.0 Å². The molecule has 5 nitrogen and oxygen atoms in total. The Balaban J connectivity index is 2.02. The summed E-state index contributed by atoms with van der Waals surface area (Å²) < 4.78 is 0. The van der Waals surface area contributed by atoms with Crippen LogP contribution in [0.25, 0.3) is 0 Å². The Morgan fingerprint density at radius 3 is 2.84 bits per heavy atom. The molecule has 0 atom stereocenters. The summed E-state index contributed by atoms with van der Waals surface area (Å²) in [5, 5.41) is 18.2. The quantitative estimate of drug-likeness (QED) is 0.859. The van der Waals surface area contributed by atoms with Crippen LogP contribution in [0.1, 0.15) is 21.6 Å². The van der Waals surface area contributed by atoms with Gasteiger partial charge < -0.3 is 5.11 Å². The van der Waals surface area contributed by atoms with Crippen LogP contribution in [-0.4, -0.2) is 21.0 Å². The van der Waals surface area contributed by atoms with Crippen molar-refractivity contribution in [3.8, 4) is 6.07 Å². The third-order valence-electron chi connectivity index (χ3n) is 2.31. The van der Waals surface area contributed by atoms with E-state index in [-0.39, 0.29) is 5.56 Å². The number of carboxylic acids is 1. The van der Waals surface area contributed by atoms with Gasteiger partial charge in [0.05, 0.1) is 10.6 Å². The lowest BCUT2D eigenvalue weighted by Gasteiger charge is -2.02. The number of nitrogens with zero attached hydrogens (tertiary/aromatic N) is 3. The number of carboxylic acid groups (broad SMARTS) is 1. The molecule has 0 amide bonds. The zero-order valence-corrected chi connectivity index (χ0v) is 10.6. The molecule has 0 unspecified atom stereocenters. The number of rotatable bonds is 4. The number of hydrogen-bond acceptors (Lipinski definition) is 5. The molecule has 2 aromatic heterocycles. The van der Waals surface area contributed by atoms with Gasteiger partial charge in [-0.2, -0.15) is 5.26 Å². The van der Waals surface area contributed by atoms with Gasteiger partial charge in [0.15, 0.2) is 0 Å². The van der Waals surface area contributed by atoms with Gasteiger partial charge in [0.1, 0.15) is 11.8 Å². The molecule has 0 aliphatic carbocycles. The summed E-state index contributed by atoms with van der Waals surface area (Å²) in [7, 11) is 0. The molecule has 0 radical (unpaired) electrons. The van der Waals surface area contributed by atoms with Crippen molar-refractivity contribution in [2.45, 2.75) is 10.8 Å². The molecule has 2 heterocycles. The van der Waals surface area contributed by atoms with E-state index in [9.17, 15) is 4.79 Å². The molecule has 1 N–H and O–H groups in total. The minimum atomic E-state index is -0.989. The summed E-state index contributed by atoms with van der Waals surface area (Å²) in [4.78, 5) is 18.6. The summed E-state index contributed by atoms with van der Waals surface area (Å²) in [6, 6.07) is 8.72. The molecule has 0 aliphatic heterocycles. The van der Waals surface area contributed by atoms with Gasteiger partial charge in [-0.1, -0.05) is 0 Å². The Hall–Kier alpha value is -2.39. The van der Waals surface area contributed by atoms with E-state index in [2.05, 4.69) is 9.97 Å². The molecule has 0 spiro atoms. The van der Waals surface area contributed by atoms with Crippen molar-refractivity contribution >= 4 is 17.7 Å². The highest BCUT2D eigenvalue weighted by atomic mass is 32.2. The third kappa shape index (κ3) is 3.53. The van der Waals surface area contributed by atoms with E-state index in [1.54, 1.807) is 18.3 Å². The molecular weight excluding hydrogens is 262 g/mol. The predicted octanol–water partition coefficient (Wildman–Crippen LogP) is 2.34. The monoisotopic (exact) mass is 271 g/mol. The Bertz CT molecular complexity index is 635. The number of thioether (sulfide) groups is 1. The highest BCUT2D eigenvalue weighted by Gasteiger charge is 2.04. The first-order chi connectivity index (χ1) is 9.19. The topological polar surface area (TPSA) is 86.9 Å². The first-order valence-corrected chi connectivity index (χ1v) is 6.35. The van der Waals surface area contributed by atoms with Gasteiger partial charge in [-0.25, -0.2) is 14.8 Å². The minimum Gasteiger partial charge on any atom is -0.478 e. The lowest BCUT2D eigenvalue weighted by atomic mass is 10.2. The highest BCUT2D eigenvalue weighted by molar-refractivity contribution is 7.98. The fourth-order valence-corrected chi connectivity index (χ4v) is 2.16. The van der Waals surface area contributed by atoms with Gasteiger partial charge in [0, 0.05) is 18.1 Å². The predicted molar refractivity (Wildman–Crippen MR) is 69.7 cm³/mol. The van der Waals surface area contributed by atoms with Crippen LogP contribution in [0.5, 0.6) is 0 Å². The van der Waals surface area contributed by atoms with Crippen LogP contribution >= 0.6 is 11.8 Å². The number of pyridine rings is 2. The lowest BCUT2D eigenvalue weighted by molar-refractivity contribution is 0.0696. The van der Waals surface area contributed by atoms with Crippen LogP contribution in [0.2, 0.25) is 0 Å². The number of carbonyl (C=O) groups is 1. The van der Waals surface area contributed by atoms with Gasteiger partial charge in [-0.15, -0.1) is 11.8 Å². The van der Waals surface area contributed by atoms with Crippen LogP contribution in [0.15, 0.2) is 41.7 Å². The van der Waals surface area contributed by atoms with E-state index < -0.39 is 5.97 Å². The minimum absolute atomic E-state index is 0.167. The van der Waals surface area contributed by atoms with Crippen LogP contribution in [-0.2, 0) is 5.75 Å². The average Bonchev–Trinajstić information content (AvgIpc) is 2.46. The van der Waals surface area contributed by atoms with Crippen LogP contribution in [0.4, 0.5) is 0 Å². The largest absolute Gasteiger partial charge is 0.478 e. The molecule has 0 saturated carbocycles. The van der Waals surface area contributed by atoms with E-state index in [0.717, 1.165) is 10.6 Å². The normalized spacial score (nSPS) is 9.84. The third-order valence-corrected chi connectivity index (χ3v) is 3.32. The Labute approximate surface area is 113 Å². The van der Waals surface area contributed by atoms with Gasteiger partial charge in [0.25, 0.3) is 0 Å². The standard InChI is InChI=1S/C13H9N3O2S/c14-6-11-5-9(3-4-15-11)8-19-12-2-1-10(7-16-12)13(17)18/h1-5,7H,8H2,(H,17,18). The molecule has 6 heteroatoms. The fourth-order valence-electron chi connectivity index (χ4n) is 1.37. The average molecular weight is 271 g/mol. The van der Waals surface area contributed by atoms with Gasteiger partial charge in [0.2, 0.25) is 0 Å². The van der Waals surface area contributed by atoms with Gasteiger partial charge in [-0.3, -0.25) is 0 Å². The second kappa shape index (κ2) is 5.98. The molecule has 0 bridgehead atoms. The van der Waals surface area contributed by atoms with Crippen molar-refractivity contribution < 1.29 is 9.90 Å². The number of aromatic carboxylic acids is 1. The van der Waals surface area contributed by atoms with Crippen molar-refractivity contribution in [1.29, 1.82) is 5.26 Å². The Morgan fingerprint density at radius 2 is 2.21 bits per heavy atom. The first kappa shape index (κ1) is 13.1. The summed E-state index contributed by atoms with van der Waals surface area (Å²) >= 11 is 1.47. The molecule has 19 heavy (non-hydrogen) atoms. The van der Waals surface area contributed by atoms with Crippen LogP contribution in [0.3, 0.4) is 0 Å². The van der Waals surface area contributed by atoms with E-state index >= 15 is 0 Å². The molecule has 0 saturated heterocycles. The van der Waals surface area contributed by atoms with Crippen molar-refractivity contribution in [1.82, 2.24) is 9.97 Å². The smallest absolute Gasteiger partial charge is 0.337 e. The van der Waals surface area contributed by atoms with Crippen molar-refractivity contribution in [2.75, 3.05) is 0 Å². The number of nitriles is 1. The number of hydrogen-bond donors (Lipinski definition) is 1. The Morgan fingerprint density at radius 1 is 1.37 bits per heavy atom. The van der Waals surface area contributed by atoms with Crippen LogP contribution < -0.4 is 0 Å². The van der Waals surface area contributed by atoms with E-state index in [0.29, 0.717) is 11.4 Å². The maximum atomic E-state index is 10.7. The van der Waals surface area contributed by atoms with E-state index in [1.807, 2.05) is 12.1 Å². The summed E-state index contributed by atoms with van der Waals surface area (Å²) in [5.41, 5.74) is 1.52. The van der Waals surface area contributed by atoms with Crippen molar-refractivity contribution in [3.63, 3.8) is 0 Å². The second-order valence-electron chi connectivity index (χ2n) is 3.64. The molecule has 2 aromatic rings.